The van der Waals surface area contributed by atoms with Crippen molar-refractivity contribution >= 4 is 5.91 Å². The van der Waals surface area contributed by atoms with Gasteiger partial charge in [0.05, 0.1) is 14.2 Å². The van der Waals surface area contributed by atoms with E-state index in [0.717, 1.165) is 31.5 Å². The van der Waals surface area contributed by atoms with Crippen LogP contribution in [0.1, 0.15) is 29.6 Å². The SMILES string of the molecule is C=C1CCCCN1C(=O)c1ccc(OC)c(OC)c1. The molecule has 1 heterocycles. The van der Waals surface area contributed by atoms with Crippen molar-refractivity contribution in [3.8, 4) is 11.5 Å². The number of carbonyl (C=O) groups excluding carboxylic acids is 1. The van der Waals surface area contributed by atoms with Gasteiger partial charge in [0.15, 0.2) is 11.5 Å². The molecular weight excluding hydrogens is 242 g/mol. The van der Waals surface area contributed by atoms with Gasteiger partial charge in [0, 0.05) is 17.8 Å². The second-order valence-corrected chi connectivity index (χ2v) is 4.55. The highest BCUT2D eigenvalue weighted by Crippen LogP contribution is 2.29. The second-order valence-electron chi connectivity index (χ2n) is 4.55. The highest BCUT2D eigenvalue weighted by Gasteiger charge is 2.22. The number of hydrogen-bond acceptors (Lipinski definition) is 3. The van der Waals surface area contributed by atoms with Crippen LogP contribution in [0.15, 0.2) is 30.5 Å². The molecule has 2 rings (SSSR count). The zero-order chi connectivity index (χ0) is 13.8. The Balaban J connectivity index is 2.25. The highest BCUT2D eigenvalue weighted by molar-refractivity contribution is 5.96. The van der Waals surface area contributed by atoms with Gasteiger partial charge < -0.3 is 14.4 Å². The lowest BCUT2D eigenvalue weighted by Gasteiger charge is -2.29. The van der Waals surface area contributed by atoms with Crippen LogP contribution in [0.3, 0.4) is 0 Å². The van der Waals surface area contributed by atoms with E-state index in [2.05, 4.69) is 6.58 Å². The number of piperidine rings is 1. The van der Waals surface area contributed by atoms with Crippen LogP contribution in [-0.4, -0.2) is 31.6 Å². The van der Waals surface area contributed by atoms with Gasteiger partial charge in [-0.1, -0.05) is 6.58 Å². The second kappa shape index (κ2) is 5.78. The summed E-state index contributed by atoms with van der Waals surface area (Å²) in [7, 11) is 3.14. The molecule has 1 aliphatic heterocycles. The van der Waals surface area contributed by atoms with Crippen molar-refractivity contribution in [1.29, 1.82) is 0 Å². The van der Waals surface area contributed by atoms with Crippen LogP contribution < -0.4 is 9.47 Å². The van der Waals surface area contributed by atoms with E-state index in [-0.39, 0.29) is 5.91 Å². The van der Waals surface area contributed by atoms with Crippen LogP contribution in [-0.2, 0) is 0 Å². The lowest BCUT2D eigenvalue weighted by Crippen LogP contribution is -2.33. The first-order chi connectivity index (χ1) is 9.17. The Labute approximate surface area is 113 Å². The van der Waals surface area contributed by atoms with Crippen molar-refractivity contribution in [1.82, 2.24) is 4.90 Å². The Hall–Kier alpha value is -1.97. The maximum atomic E-state index is 12.4. The molecule has 0 bridgehead atoms. The van der Waals surface area contributed by atoms with Crippen LogP contribution in [0.5, 0.6) is 11.5 Å². The van der Waals surface area contributed by atoms with Crippen molar-refractivity contribution in [2.75, 3.05) is 20.8 Å². The summed E-state index contributed by atoms with van der Waals surface area (Å²) in [4.78, 5) is 14.2. The number of hydrogen-bond donors (Lipinski definition) is 0. The van der Waals surface area contributed by atoms with E-state index in [1.54, 1.807) is 37.3 Å². The Morgan fingerprint density at radius 3 is 2.58 bits per heavy atom. The lowest BCUT2D eigenvalue weighted by molar-refractivity contribution is 0.0783. The molecule has 0 aliphatic carbocycles. The van der Waals surface area contributed by atoms with Gasteiger partial charge in [0.25, 0.3) is 5.91 Å². The van der Waals surface area contributed by atoms with E-state index in [0.29, 0.717) is 17.1 Å². The number of methoxy groups -OCH3 is 2. The molecule has 4 nitrogen and oxygen atoms in total. The fourth-order valence-electron chi connectivity index (χ4n) is 2.26. The molecule has 0 saturated carbocycles. The molecule has 1 saturated heterocycles. The molecule has 0 spiro atoms. The quantitative estimate of drug-likeness (QED) is 0.839. The molecule has 1 fully saturated rings. The van der Waals surface area contributed by atoms with Crippen LogP contribution in [0.4, 0.5) is 0 Å². The van der Waals surface area contributed by atoms with Crippen molar-refractivity contribution in [3.63, 3.8) is 0 Å². The number of ether oxygens (including phenoxy) is 2. The standard InChI is InChI=1S/C15H19NO3/c1-11-6-4-5-9-16(11)15(17)12-7-8-13(18-2)14(10-12)19-3/h7-8,10H,1,4-6,9H2,2-3H3. The van der Waals surface area contributed by atoms with Gasteiger partial charge in [-0.25, -0.2) is 0 Å². The molecule has 0 aromatic heterocycles. The number of allylic oxidation sites excluding steroid dienone is 1. The molecule has 102 valence electrons. The van der Waals surface area contributed by atoms with E-state index in [1.165, 1.54) is 0 Å². The average Bonchev–Trinajstić information content (AvgIpc) is 2.46. The van der Waals surface area contributed by atoms with Crippen LogP contribution in [0, 0.1) is 0 Å². The van der Waals surface area contributed by atoms with E-state index in [9.17, 15) is 4.79 Å². The minimum Gasteiger partial charge on any atom is -0.493 e. The Morgan fingerprint density at radius 1 is 1.21 bits per heavy atom. The highest BCUT2D eigenvalue weighted by atomic mass is 16.5. The number of benzene rings is 1. The first-order valence-electron chi connectivity index (χ1n) is 6.39. The Bertz CT molecular complexity index is 496. The smallest absolute Gasteiger partial charge is 0.258 e. The summed E-state index contributed by atoms with van der Waals surface area (Å²) in [5.41, 5.74) is 1.49. The predicted octanol–water partition coefficient (Wildman–Crippen LogP) is 2.84. The van der Waals surface area contributed by atoms with Crippen molar-refractivity contribution in [2.45, 2.75) is 19.3 Å². The minimum atomic E-state index is -0.0225. The molecule has 1 aliphatic rings. The summed E-state index contributed by atoms with van der Waals surface area (Å²) in [5.74, 6) is 1.16. The minimum absolute atomic E-state index is 0.0225. The number of nitrogens with zero attached hydrogens (tertiary/aromatic N) is 1. The fraction of sp³-hybridized carbons (Fsp3) is 0.400. The monoisotopic (exact) mass is 261 g/mol. The molecular formula is C15H19NO3. The molecule has 0 unspecified atom stereocenters. The zero-order valence-electron chi connectivity index (χ0n) is 11.4. The van der Waals surface area contributed by atoms with Gasteiger partial charge in [0.1, 0.15) is 0 Å². The van der Waals surface area contributed by atoms with E-state index in [1.807, 2.05) is 0 Å². The predicted molar refractivity (Wildman–Crippen MR) is 73.6 cm³/mol. The first kappa shape index (κ1) is 13.5. The summed E-state index contributed by atoms with van der Waals surface area (Å²) in [6.45, 7) is 4.71. The van der Waals surface area contributed by atoms with E-state index in [4.69, 9.17) is 9.47 Å². The number of amides is 1. The number of likely N-dealkylation sites (tertiary alicyclic amines) is 1. The van der Waals surface area contributed by atoms with Gasteiger partial charge in [-0.3, -0.25) is 4.79 Å². The average molecular weight is 261 g/mol. The van der Waals surface area contributed by atoms with Crippen LogP contribution in [0.2, 0.25) is 0 Å². The van der Waals surface area contributed by atoms with E-state index >= 15 is 0 Å². The van der Waals surface area contributed by atoms with Gasteiger partial charge >= 0.3 is 0 Å². The Kier molecular flexibility index (Phi) is 4.10. The molecule has 1 aromatic carbocycles. The van der Waals surface area contributed by atoms with Gasteiger partial charge in [-0.2, -0.15) is 0 Å². The van der Waals surface area contributed by atoms with Crippen LogP contribution in [0.25, 0.3) is 0 Å². The third-order valence-corrected chi connectivity index (χ3v) is 3.35. The molecule has 0 radical (unpaired) electrons. The molecule has 0 atom stereocenters. The largest absolute Gasteiger partial charge is 0.493 e. The summed E-state index contributed by atoms with van der Waals surface area (Å²) in [6, 6.07) is 5.22. The zero-order valence-corrected chi connectivity index (χ0v) is 11.4. The normalized spacial score (nSPS) is 15.3. The summed E-state index contributed by atoms with van der Waals surface area (Å²) >= 11 is 0. The Morgan fingerprint density at radius 2 is 1.95 bits per heavy atom. The summed E-state index contributed by atoms with van der Waals surface area (Å²) in [6.07, 6.45) is 3.02. The maximum Gasteiger partial charge on any atom is 0.258 e. The van der Waals surface area contributed by atoms with Crippen molar-refractivity contribution < 1.29 is 14.3 Å². The van der Waals surface area contributed by atoms with Gasteiger partial charge in [-0.05, 0) is 37.5 Å². The molecule has 1 aromatic rings. The molecule has 4 heteroatoms. The molecule has 0 N–H and O–H groups in total. The maximum absolute atomic E-state index is 12.4. The lowest BCUT2D eigenvalue weighted by atomic mass is 10.1. The third-order valence-electron chi connectivity index (χ3n) is 3.35. The summed E-state index contributed by atoms with van der Waals surface area (Å²) in [5, 5.41) is 0. The molecule has 1 amide bonds. The van der Waals surface area contributed by atoms with Gasteiger partial charge in [-0.15, -0.1) is 0 Å². The number of rotatable bonds is 3. The first-order valence-corrected chi connectivity index (χ1v) is 6.39. The van der Waals surface area contributed by atoms with Crippen LogP contribution >= 0.6 is 0 Å². The summed E-state index contributed by atoms with van der Waals surface area (Å²) < 4.78 is 10.4. The van der Waals surface area contributed by atoms with Gasteiger partial charge in [0.2, 0.25) is 0 Å². The number of carbonyl (C=O) groups is 1. The third kappa shape index (κ3) is 2.72. The molecule has 19 heavy (non-hydrogen) atoms. The van der Waals surface area contributed by atoms with Crippen molar-refractivity contribution in [3.05, 3.63) is 36.0 Å². The topological polar surface area (TPSA) is 38.8 Å². The fourth-order valence-corrected chi connectivity index (χ4v) is 2.26. The van der Waals surface area contributed by atoms with Crippen molar-refractivity contribution in [2.24, 2.45) is 0 Å². The van der Waals surface area contributed by atoms with E-state index < -0.39 is 0 Å².